The molecule has 0 fully saturated rings. The first kappa shape index (κ1) is 14.2. The topological polar surface area (TPSA) is 83.6 Å². The maximum absolute atomic E-state index is 12.0. The quantitative estimate of drug-likeness (QED) is 0.897. The van der Waals surface area contributed by atoms with Gasteiger partial charge in [-0.2, -0.15) is 5.21 Å². The van der Waals surface area contributed by atoms with E-state index >= 15 is 0 Å². The van der Waals surface area contributed by atoms with Gasteiger partial charge in [-0.15, -0.1) is 10.2 Å². The van der Waals surface area contributed by atoms with E-state index in [0.29, 0.717) is 11.8 Å². The highest BCUT2D eigenvalue weighted by Crippen LogP contribution is 2.28. The molecule has 106 valence electrons. The van der Waals surface area contributed by atoms with E-state index in [2.05, 4.69) is 59.7 Å². The summed E-state index contributed by atoms with van der Waals surface area (Å²) < 4.78 is 0. The maximum atomic E-state index is 12.0. The molecule has 1 aromatic heterocycles. The largest absolute Gasteiger partial charge is 0.319 e. The van der Waals surface area contributed by atoms with Gasteiger partial charge < -0.3 is 5.32 Å². The van der Waals surface area contributed by atoms with Gasteiger partial charge in [0.25, 0.3) is 11.7 Å². The highest BCUT2D eigenvalue weighted by molar-refractivity contribution is 6.01. The van der Waals surface area contributed by atoms with Crippen molar-refractivity contribution in [3.05, 3.63) is 35.2 Å². The lowest BCUT2D eigenvalue weighted by molar-refractivity contribution is 0.101. The Morgan fingerprint density at radius 2 is 1.95 bits per heavy atom. The third-order valence-electron chi connectivity index (χ3n) is 3.16. The molecule has 20 heavy (non-hydrogen) atoms. The Hall–Kier alpha value is -2.24. The Morgan fingerprint density at radius 1 is 1.20 bits per heavy atom. The van der Waals surface area contributed by atoms with Crippen LogP contribution in [0.4, 0.5) is 5.69 Å². The minimum Gasteiger partial charge on any atom is -0.319 e. The second kappa shape index (κ2) is 5.81. The number of H-pyrrole nitrogens is 1. The summed E-state index contributed by atoms with van der Waals surface area (Å²) in [6.45, 7) is 8.50. The van der Waals surface area contributed by atoms with Crippen LogP contribution in [0.5, 0.6) is 0 Å². The van der Waals surface area contributed by atoms with Gasteiger partial charge >= 0.3 is 0 Å². The molecule has 0 unspecified atom stereocenters. The van der Waals surface area contributed by atoms with E-state index in [1.165, 1.54) is 5.56 Å². The molecule has 0 saturated carbocycles. The summed E-state index contributed by atoms with van der Waals surface area (Å²) in [7, 11) is 0. The minimum atomic E-state index is -0.363. The molecule has 0 bridgehead atoms. The molecule has 1 aromatic carbocycles. The summed E-state index contributed by atoms with van der Waals surface area (Å²) >= 11 is 0. The predicted octanol–water partition coefficient (Wildman–Crippen LogP) is 2.70. The third kappa shape index (κ3) is 3.01. The van der Waals surface area contributed by atoms with Crippen molar-refractivity contribution >= 4 is 11.6 Å². The average molecular weight is 273 g/mol. The van der Waals surface area contributed by atoms with Crippen LogP contribution in [-0.4, -0.2) is 26.5 Å². The van der Waals surface area contributed by atoms with E-state index in [9.17, 15) is 4.79 Å². The Balaban J connectivity index is 2.29. The highest BCUT2D eigenvalue weighted by atomic mass is 16.2. The molecule has 1 heterocycles. The minimum absolute atomic E-state index is 0.0349. The standard InChI is InChI=1S/C14H19N5O/c1-8(2)10-5-6-12(11(7-10)9(3)4)15-14(20)13-16-18-19-17-13/h5-9H,1-4H3,(H,15,20)(H,16,17,18,19). The first-order valence-electron chi connectivity index (χ1n) is 6.67. The van der Waals surface area contributed by atoms with Crippen LogP contribution in [0.15, 0.2) is 18.2 Å². The van der Waals surface area contributed by atoms with Crippen LogP contribution >= 0.6 is 0 Å². The number of nitrogens with one attached hydrogen (secondary N) is 2. The Bertz CT molecular complexity index is 590. The van der Waals surface area contributed by atoms with Crippen LogP contribution in [0.3, 0.4) is 0 Å². The fraction of sp³-hybridized carbons (Fsp3) is 0.429. The number of rotatable bonds is 4. The van der Waals surface area contributed by atoms with Gasteiger partial charge in [0.05, 0.1) is 0 Å². The van der Waals surface area contributed by atoms with Gasteiger partial charge in [-0.1, -0.05) is 39.8 Å². The molecule has 0 spiro atoms. The second-order valence-electron chi connectivity index (χ2n) is 5.35. The van der Waals surface area contributed by atoms with Crippen molar-refractivity contribution in [2.75, 3.05) is 5.32 Å². The van der Waals surface area contributed by atoms with Gasteiger partial charge in [0.2, 0.25) is 0 Å². The third-order valence-corrected chi connectivity index (χ3v) is 3.16. The summed E-state index contributed by atoms with van der Waals surface area (Å²) in [6.07, 6.45) is 0. The number of nitrogens with zero attached hydrogens (tertiary/aromatic N) is 3. The van der Waals surface area contributed by atoms with E-state index in [-0.39, 0.29) is 11.7 Å². The van der Waals surface area contributed by atoms with Gasteiger partial charge in [0, 0.05) is 5.69 Å². The molecule has 2 rings (SSSR count). The molecule has 2 N–H and O–H groups in total. The van der Waals surface area contributed by atoms with Crippen molar-refractivity contribution in [2.24, 2.45) is 0 Å². The summed E-state index contributed by atoms with van der Waals surface area (Å²) in [5, 5.41) is 15.8. The predicted molar refractivity (Wildman–Crippen MR) is 76.8 cm³/mol. The first-order valence-corrected chi connectivity index (χ1v) is 6.67. The molecule has 0 aliphatic rings. The highest BCUT2D eigenvalue weighted by Gasteiger charge is 2.15. The number of hydrogen-bond acceptors (Lipinski definition) is 4. The van der Waals surface area contributed by atoms with E-state index in [1.54, 1.807) is 0 Å². The number of amides is 1. The summed E-state index contributed by atoms with van der Waals surface area (Å²) in [5.74, 6) is 0.439. The number of carbonyl (C=O) groups excluding carboxylic acids is 1. The second-order valence-corrected chi connectivity index (χ2v) is 5.35. The zero-order valence-electron chi connectivity index (χ0n) is 12.1. The van der Waals surface area contributed by atoms with Crippen molar-refractivity contribution in [3.8, 4) is 0 Å². The van der Waals surface area contributed by atoms with Gasteiger partial charge in [-0.05, 0) is 34.2 Å². The first-order chi connectivity index (χ1) is 9.49. The molecule has 0 aliphatic carbocycles. The average Bonchev–Trinajstić information content (AvgIpc) is 2.92. The smallest absolute Gasteiger partial charge is 0.297 e. The molecular weight excluding hydrogens is 254 g/mol. The van der Waals surface area contributed by atoms with Crippen molar-refractivity contribution in [1.29, 1.82) is 0 Å². The normalized spacial score (nSPS) is 11.1. The SMILES string of the molecule is CC(C)c1ccc(NC(=O)c2nn[nH]n2)c(C(C)C)c1. The van der Waals surface area contributed by atoms with Crippen molar-refractivity contribution in [2.45, 2.75) is 39.5 Å². The number of carbonyl (C=O) groups is 1. The number of benzene rings is 1. The van der Waals surface area contributed by atoms with Crippen LogP contribution < -0.4 is 5.32 Å². The fourth-order valence-electron chi connectivity index (χ4n) is 1.97. The number of aromatic nitrogens is 4. The van der Waals surface area contributed by atoms with Crippen LogP contribution in [-0.2, 0) is 0 Å². The zero-order valence-corrected chi connectivity index (χ0v) is 12.1. The van der Waals surface area contributed by atoms with Crippen molar-refractivity contribution in [3.63, 3.8) is 0 Å². The molecule has 0 atom stereocenters. The lowest BCUT2D eigenvalue weighted by Gasteiger charge is -2.16. The number of tetrazole rings is 1. The van der Waals surface area contributed by atoms with Crippen LogP contribution in [0.25, 0.3) is 0 Å². The molecule has 0 radical (unpaired) electrons. The van der Waals surface area contributed by atoms with Crippen LogP contribution in [0.2, 0.25) is 0 Å². The zero-order chi connectivity index (χ0) is 14.7. The number of hydrogen-bond donors (Lipinski definition) is 2. The van der Waals surface area contributed by atoms with Gasteiger partial charge in [0.15, 0.2) is 0 Å². The maximum Gasteiger partial charge on any atom is 0.297 e. The molecule has 2 aromatic rings. The molecule has 0 aliphatic heterocycles. The van der Waals surface area contributed by atoms with E-state index < -0.39 is 0 Å². The number of anilines is 1. The fourth-order valence-corrected chi connectivity index (χ4v) is 1.97. The monoisotopic (exact) mass is 273 g/mol. The van der Waals surface area contributed by atoms with E-state index in [4.69, 9.17) is 0 Å². The Kier molecular flexibility index (Phi) is 4.12. The lowest BCUT2D eigenvalue weighted by atomic mass is 9.94. The molecule has 6 heteroatoms. The van der Waals surface area contributed by atoms with Gasteiger partial charge in [-0.25, -0.2) is 0 Å². The summed E-state index contributed by atoms with van der Waals surface area (Å²) in [5.41, 5.74) is 3.15. The van der Waals surface area contributed by atoms with Crippen molar-refractivity contribution < 1.29 is 4.79 Å². The van der Waals surface area contributed by atoms with Crippen LogP contribution in [0.1, 0.15) is 61.3 Å². The summed E-state index contributed by atoms with van der Waals surface area (Å²) in [4.78, 5) is 12.0. The van der Waals surface area contributed by atoms with Crippen molar-refractivity contribution in [1.82, 2.24) is 20.6 Å². The van der Waals surface area contributed by atoms with E-state index in [1.807, 2.05) is 12.1 Å². The summed E-state index contributed by atoms with van der Waals surface area (Å²) in [6, 6.07) is 6.10. The lowest BCUT2D eigenvalue weighted by Crippen LogP contribution is -2.15. The molecule has 0 saturated heterocycles. The Labute approximate surface area is 118 Å². The molecular formula is C14H19N5O. The van der Waals surface area contributed by atoms with Gasteiger partial charge in [-0.3, -0.25) is 4.79 Å². The van der Waals surface area contributed by atoms with Gasteiger partial charge in [0.1, 0.15) is 0 Å². The van der Waals surface area contributed by atoms with Crippen LogP contribution in [0, 0.1) is 0 Å². The molecule has 6 nitrogen and oxygen atoms in total. The Morgan fingerprint density at radius 3 is 2.50 bits per heavy atom. The number of aromatic amines is 1. The van der Waals surface area contributed by atoms with E-state index in [0.717, 1.165) is 11.3 Å². The molecule has 1 amide bonds.